The third-order valence-corrected chi connectivity index (χ3v) is 11.3. The molecule has 2 aliphatic heterocycles. The molecule has 15 heteroatoms. The molecular formula is C36H50N10O4S. The van der Waals surface area contributed by atoms with Crippen molar-refractivity contribution >= 4 is 34.6 Å². The molecule has 3 aromatic rings. The average Bonchev–Trinajstić information content (AvgIpc) is 3.81. The van der Waals surface area contributed by atoms with Gasteiger partial charge in [-0.3, -0.25) is 4.90 Å². The molecule has 6 rings (SSSR count). The monoisotopic (exact) mass is 718 g/mol. The Balaban J connectivity index is 1.32. The molecule has 14 nitrogen and oxygen atoms in total. The Hall–Kier alpha value is -4.29. The maximum atomic E-state index is 12.8. The first-order valence-electron chi connectivity index (χ1n) is 17.8. The van der Waals surface area contributed by atoms with Crippen molar-refractivity contribution in [3.05, 3.63) is 28.0 Å². The standard InChI is InChI=1S/C36H50N10O4S/c1-22-12-13-26(44(22)9)23(2)48-33-39-25(19-28(40-33)45-15-17-46(18-16-45)34(47)49-35(3,4)5)30-41-32(50-42-30)36(6)14-10-11-27-29(36)24(20-37)31(51-27)38-21-43(7)8/h19,21-23,26H,10-18H2,1-9H3/b38-21+/t22-,23-,26-,36-/m0/s1. The topological polar surface area (TPSA) is 149 Å². The van der Waals surface area contributed by atoms with Crippen LogP contribution >= 0.6 is 11.3 Å². The first-order chi connectivity index (χ1) is 24.2. The first-order valence-corrected chi connectivity index (χ1v) is 18.6. The number of aromatic nitrogens is 4. The zero-order chi connectivity index (χ0) is 36.7. The third kappa shape index (κ3) is 7.67. The maximum absolute atomic E-state index is 12.8. The number of rotatable bonds is 8. The smallest absolute Gasteiger partial charge is 0.410 e. The second kappa shape index (κ2) is 14.4. The van der Waals surface area contributed by atoms with Crippen molar-refractivity contribution in [2.75, 3.05) is 52.2 Å². The van der Waals surface area contributed by atoms with Gasteiger partial charge >= 0.3 is 12.1 Å². The predicted molar refractivity (Wildman–Crippen MR) is 196 cm³/mol. The summed E-state index contributed by atoms with van der Waals surface area (Å²) in [4.78, 5) is 41.2. The van der Waals surface area contributed by atoms with E-state index in [9.17, 15) is 10.1 Å². The van der Waals surface area contributed by atoms with Crippen molar-refractivity contribution in [2.24, 2.45) is 4.99 Å². The number of carbonyl (C=O) groups excluding carboxylic acids is 1. The summed E-state index contributed by atoms with van der Waals surface area (Å²) in [5.41, 5.74) is 0.715. The zero-order valence-corrected chi connectivity index (χ0v) is 32.1. The van der Waals surface area contributed by atoms with Crippen molar-refractivity contribution in [1.82, 2.24) is 34.8 Å². The Morgan fingerprint density at radius 3 is 2.61 bits per heavy atom. The van der Waals surface area contributed by atoms with Gasteiger partial charge in [0.1, 0.15) is 34.3 Å². The fourth-order valence-electron chi connectivity index (χ4n) is 7.22. The number of piperazine rings is 1. The van der Waals surface area contributed by atoms with Crippen LogP contribution in [0.3, 0.4) is 0 Å². The van der Waals surface area contributed by atoms with Gasteiger partial charge < -0.3 is 28.7 Å². The summed E-state index contributed by atoms with van der Waals surface area (Å²) in [5.74, 6) is 1.40. The Morgan fingerprint density at radius 2 is 1.96 bits per heavy atom. The Bertz CT molecular complexity index is 1800. The molecule has 0 N–H and O–H groups in total. The summed E-state index contributed by atoms with van der Waals surface area (Å²) in [6.07, 6.45) is 5.92. The molecule has 51 heavy (non-hydrogen) atoms. The highest BCUT2D eigenvalue weighted by atomic mass is 32.1. The zero-order valence-electron chi connectivity index (χ0n) is 31.3. The van der Waals surface area contributed by atoms with Crippen LogP contribution in [0.2, 0.25) is 0 Å². The molecule has 0 saturated carbocycles. The molecule has 0 bridgehead atoms. The summed E-state index contributed by atoms with van der Waals surface area (Å²) in [7, 11) is 5.94. The van der Waals surface area contributed by atoms with Gasteiger partial charge in [0.2, 0.25) is 11.7 Å². The maximum Gasteiger partial charge on any atom is 0.410 e. The van der Waals surface area contributed by atoms with E-state index in [1.54, 1.807) is 22.6 Å². The number of ether oxygens (including phenoxy) is 2. The van der Waals surface area contributed by atoms with Gasteiger partial charge in [0.15, 0.2) is 0 Å². The summed E-state index contributed by atoms with van der Waals surface area (Å²) in [5, 5.41) is 15.4. The normalized spacial score (nSPS) is 23.3. The highest BCUT2D eigenvalue weighted by Crippen LogP contribution is 2.50. The number of thiophene rings is 1. The van der Waals surface area contributed by atoms with Crippen LogP contribution in [0.25, 0.3) is 11.5 Å². The lowest BCUT2D eigenvalue weighted by atomic mass is 9.72. The number of hydrogen-bond acceptors (Lipinski definition) is 13. The van der Waals surface area contributed by atoms with Crippen molar-refractivity contribution < 1.29 is 18.8 Å². The first kappa shape index (κ1) is 36.5. The minimum Gasteiger partial charge on any atom is -0.459 e. The quantitative estimate of drug-likeness (QED) is 0.210. The number of likely N-dealkylation sites (N-methyl/N-ethyl adjacent to an activating group) is 1. The van der Waals surface area contributed by atoms with Crippen LogP contribution in [0.4, 0.5) is 15.6 Å². The molecule has 0 spiro atoms. The molecular weight excluding hydrogens is 669 g/mol. The number of hydrogen-bond donors (Lipinski definition) is 0. The van der Waals surface area contributed by atoms with Gasteiger partial charge in [-0.25, -0.2) is 9.79 Å². The van der Waals surface area contributed by atoms with E-state index in [2.05, 4.69) is 53.8 Å². The highest BCUT2D eigenvalue weighted by molar-refractivity contribution is 7.16. The molecule has 0 aromatic carbocycles. The molecule has 0 unspecified atom stereocenters. The number of aliphatic imine (C=N–C) groups is 1. The average molecular weight is 719 g/mol. The molecule has 1 aliphatic carbocycles. The fraction of sp³-hybridized carbons (Fsp3) is 0.639. The number of nitriles is 1. The minimum absolute atomic E-state index is 0.153. The Morgan fingerprint density at radius 1 is 1.22 bits per heavy atom. The van der Waals surface area contributed by atoms with Crippen molar-refractivity contribution in [1.29, 1.82) is 5.26 Å². The van der Waals surface area contributed by atoms with Gasteiger partial charge in [0, 0.05) is 68.9 Å². The van der Waals surface area contributed by atoms with Crippen molar-refractivity contribution in [3.8, 4) is 23.6 Å². The SMILES string of the molecule is C[C@H](Oc1nc(-c2noc([C@@]3(C)CCCc4sc(/N=C/N(C)C)c(C#N)c43)n2)cc(N2CCN(C(=O)OC(C)(C)C)CC2)n1)[C@@H]1CC[C@H](C)N1C. The van der Waals surface area contributed by atoms with Crippen LogP contribution in [0, 0.1) is 11.3 Å². The molecule has 2 saturated heterocycles. The van der Waals surface area contributed by atoms with Crippen LogP contribution in [0.1, 0.15) is 89.1 Å². The number of nitrogens with zero attached hydrogens (tertiary/aromatic N) is 10. The highest BCUT2D eigenvalue weighted by Gasteiger charge is 2.43. The van der Waals surface area contributed by atoms with E-state index in [4.69, 9.17) is 28.9 Å². The Kier molecular flexibility index (Phi) is 10.3. The van der Waals surface area contributed by atoms with E-state index >= 15 is 0 Å². The lowest BCUT2D eigenvalue weighted by Gasteiger charge is -2.36. The van der Waals surface area contributed by atoms with Gasteiger partial charge in [-0.1, -0.05) is 5.16 Å². The van der Waals surface area contributed by atoms with Gasteiger partial charge in [0.25, 0.3) is 0 Å². The minimum atomic E-state index is -0.669. The number of fused-ring (bicyclic) bond motifs is 1. The second-order valence-electron chi connectivity index (χ2n) is 15.3. The largest absolute Gasteiger partial charge is 0.459 e. The van der Waals surface area contributed by atoms with E-state index in [-0.39, 0.29) is 24.2 Å². The molecule has 3 aliphatic rings. The molecule has 0 radical (unpaired) electrons. The number of carbonyl (C=O) groups is 1. The van der Waals surface area contributed by atoms with E-state index in [1.165, 1.54) is 0 Å². The third-order valence-electron chi connectivity index (χ3n) is 10.1. The van der Waals surface area contributed by atoms with Crippen LogP contribution in [-0.4, -0.2) is 118 Å². The summed E-state index contributed by atoms with van der Waals surface area (Å²) < 4.78 is 18.1. The van der Waals surface area contributed by atoms with E-state index in [0.29, 0.717) is 66.0 Å². The van der Waals surface area contributed by atoms with Crippen LogP contribution in [-0.2, 0) is 16.6 Å². The molecule has 2 fully saturated rings. The van der Waals surface area contributed by atoms with Gasteiger partial charge in [-0.05, 0) is 80.7 Å². The molecule has 274 valence electrons. The van der Waals surface area contributed by atoms with Gasteiger partial charge in [0.05, 0.1) is 17.3 Å². The molecule has 1 amide bonds. The number of likely N-dealkylation sites (tertiary alicyclic amines) is 1. The van der Waals surface area contributed by atoms with Crippen LogP contribution < -0.4 is 9.64 Å². The van der Waals surface area contributed by atoms with E-state index in [1.807, 2.05) is 45.8 Å². The van der Waals surface area contributed by atoms with Crippen molar-refractivity contribution in [3.63, 3.8) is 0 Å². The van der Waals surface area contributed by atoms with E-state index in [0.717, 1.165) is 42.5 Å². The Labute approximate surface area is 304 Å². The summed E-state index contributed by atoms with van der Waals surface area (Å²) in [6.45, 7) is 14.1. The summed E-state index contributed by atoms with van der Waals surface area (Å²) >= 11 is 1.55. The second-order valence-corrected chi connectivity index (χ2v) is 16.4. The van der Waals surface area contributed by atoms with Crippen LogP contribution in [0.5, 0.6) is 6.01 Å². The lowest BCUT2D eigenvalue weighted by Crippen LogP contribution is -2.50. The number of aryl methyl sites for hydroxylation is 1. The van der Waals surface area contributed by atoms with Gasteiger partial charge in [-0.2, -0.15) is 20.2 Å². The van der Waals surface area contributed by atoms with Crippen molar-refractivity contribution in [2.45, 2.75) is 103 Å². The lowest BCUT2D eigenvalue weighted by molar-refractivity contribution is 0.0240. The van der Waals surface area contributed by atoms with Crippen LogP contribution in [0.15, 0.2) is 15.6 Å². The molecule has 5 heterocycles. The number of amides is 1. The fourth-order valence-corrected chi connectivity index (χ4v) is 8.48. The molecule has 4 atom stereocenters. The molecule has 3 aromatic heterocycles. The van der Waals surface area contributed by atoms with Gasteiger partial charge in [-0.15, -0.1) is 11.3 Å². The van der Waals surface area contributed by atoms with E-state index < -0.39 is 11.0 Å². The predicted octanol–water partition coefficient (Wildman–Crippen LogP) is 5.63. The summed E-state index contributed by atoms with van der Waals surface area (Å²) in [6, 6.07) is 5.22. The number of anilines is 1.